The molecule has 0 radical (unpaired) electrons. The van der Waals surface area contributed by atoms with Gasteiger partial charge in [0.15, 0.2) is 0 Å². The monoisotopic (exact) mass is 154 g/mol. The van der Waals surface area contributed by atoms with E-state index >= 15 is 0 Å². The van der Waals surface area contributed by atoms with E-state index in [1.165, 1.54) is 45.6 Å². The van der Waals surface area contributed by atoms with Gasteiger partial charge >= 0.3 is 0 Å². The first-order valence-electron chi connectivity index (χ1n) is 4.81. The second kappa shape index (κ2) is 3.46. The fraction of sp³-hybridized carbons (Fsp3) is 0.889. The van der Waals surface area contributed by atoms with E-state index in [1.54, 1.807) is 0 Å². The Kier molecular flexibility index (Phi) is 2.34. The van der Waals surface area contributed by atoms with Gasteiger partial charge < -0.3 is 5.32 Å². The van der Waals surface area contributed by atoms with Crippen molar-refractivity contribution in [3.63, 3.8) is 0 Å². The van der Waals surface area contributed by atoms with Crippen LogP contribution < -0.4 is 5.32 Å². The Labute approximate surface area is 69.0 Å². The maximum absolute atomic E-state index is 2.55. The zero-order valence-corrected chi connectivity index (χ0v) is 7.13. The molecule has 2 nitrogen and oxygen atoms in total. The van der Waals surface area contributed by atoms with Gasteiger partial charge in [-0.25, -0.2) is 4.90 Å². The minimum Gasteiger partial charge on any atom is -0.346 e. The molecule has 2 heteroatoms. The lowest BCUT2D eigenvalue weighted by Crippen LogP contribution is -2.86. The first kappa shape index (κ1) is 7.44. The van der Waals surface area contributed by atoms with Crippen molar-refractivity contribution in [2.24, 2.45) is 5.92 Å². The summed E-state index contributed by atoms with van der Waals surface area (Å²) in [5.41, 5.74) is 0. The number of likely N-dealkylation sites (tertiary alicyclic amines) is 1. The van der Waals surface area contributed by atoms with Gasteiger partial charge in [-0.2, -0.15) is 0 Å². The second-order valence-electron chi connectivity index (χ2n) is 3.82. The summed E-state index contributed by atoms with van der Waals surface area (Å²) in [7, 11) is 0. The third-order valence-corrected chi connectivity index (χ3v) is 2.85. The van der Waals surface area contributed by atoms with Crippen molar-refractivity contribution in [1.29, 1.82) is 0 Å². The van der Waals surface area contributed by atoms with Crippen LogP contribution in [0.1, 0.15) is 12.8 Å². The van der Waals surface area contributed by atoms with Crippen molar-refractivity contribution in [2.75, 3.05) is 32.7 Å². The fourth-order valence-corrected chi connectivity index (χ4v) is 2.00. The van der Waals surface area contributed by atoms with Crippen LogP contribution in [0.5, 0.6) is 0 Å². The SMILES string of the molecule is [CH+]1CN(CC2CC[NH2+]CC2)C1. The zero-order valence-electron chi connectivity index (χ0n) is 7.13. The summed E-state index contributed by atoms with van der Waals surface area (Å²) in [6, 6.07) is 0. The lowest BCUT2D eigenvalue weighted by atomic mass is 9.96. The van der Waals surface area contributed by atoms with Gasteiger partial charge in [0.25, 0.3) is 0 Å². The number of piperidine rings is 1. The molecular formula is C9H18N2+2. The Bertz CT molecular complexity index is 115. The highest BCUT2D eigenvalue weighted by Gasteiger charge is 2.27. The molecule has 0 bridgehead atoms. The Morgan fingerprint density at radius 3 is 2.55 bits per heavy atom. The molecule has 2 saturated heterocycles. The smallest absolute Gasteiger partial charge is 0.146 e. The van der Waals surface area contributed by atoms with E-state index in [0.29, 0.717) is 0 Å². The van der Waals surface area contributed by atoms with Crippen LogP contribution in [0.25, 0.3) is 0 Å². The highest BCUT2D eigenvalue weighted by atomic mass is 15.2. The lowest BCUT2D eigenvalue weighted by Gasteiger charge is -2.28. The first-order chi connectivity index (χ1) is 5.45. The molecular weight excluding hydrogens is 136 g/mol. The predicted molar refractivity (Wildman–Crippen MR) is 45.1 cm³/mol. The summed E-state index contributed by atoms with van der Waals surface area (Å²) >= 11 is 0. The third kappa shape index (κ3) is 1.88. The first-order valence-corrected chi connectivity index (χ1v) is 4.81. The van der Waals surface area contributed by atoms with E-state index in [0.717, 1.165) is 5.92 Å². The Hall–Kier alpha value is -0.210. The van der Waals surface area contributed by atoms with E-state index in [9.17, 15) is 0 Å². The van der Waals surface area contributed by atoms with Gasteiger partial charge in [-0.3, -0.25) is 0 Å². The second-order valence-corrected chi connectivity index (χ2v) is 3.82. The number of nitrogens with zero attached hydrogens (tertiary/aromatic N) is 1. The van der Waals surface area contributed by atoms with Crippen LogP contribution in [0.4, 0.5) is 0 Å². The van der Waals surface area contributed by atoms with E-state index in [1.807, 2.05) is 0 Å². The van der Waals surface area contributed by atoms with E-state index in [4.69, 9.17) is 0 Å². The minimum absolute atomic E-state index is 1.01. The van der Waals surface area contributed by atoms with Crippen LogP contribution in [0.2, 0.25) is 0 Å². The van der Waals surface area contributed by atoms with E-state index < -0.39 is 0 Å². The van der Waals surface area contributed by atoms with Crippen LogP contribution in [0.3, 0.4) is 0 Å². The third-order valence-electron chi connectivity index (χ3n) is 2.85. The zero-order chi connectivity index (χ0) is 7.52. The molecule has 2 N–H and O–H groups in total. The van der Waals surface area contributed by atoms with Crippen molar-refractivity contribution >= 4 is 0 Å². The van der Waals surface area contributed by atoms with Crippen molar-refractivity contribution in [3.8, 4) is 0 Å². The Morgan fingerprint density at radius 2 is 2.00 bits per heavy atom. The molecule has 0 aliphatic carbocycles. The predicted octanol–water partition coefficient (Wildman–Crippen LogP) is -0.520. The molecule has 0 atom stereocenters. The number of hydrogen-bond acceptors (Lipinski definition) is 1. The van der Waals surface area contributed by atoms with Gasteiger partial charge in [0.05, 0.1) is 13.1 Å². The Balaban J connectivity index is 1.67. The van der Waals surface area contributed by atoms with Crippen molar-refractivity contribution < 1.29 is 5.32 Å². The molecule has 2 fully saturated rings. The van der Waals surface area contributed by atoms with Gasteiger partial charge in [-0.15, -0.1) is 0 Å². The van der Waals surface area contributed by atoms with Crippen LogP contribution in [0, 0.1) is 12.3 Å². The molecule has 62 valence electrons. The lowest BCUT2D eigenvalue weighted by molar-refractivity contribution is -0.664. The summed E-state index contributed by atoms with van der Waals surface area (Å²) in [6.07, 6.45) is 5.24. The van der Waals surface area contributed by atoms with Gasteiger partial charge in [-0.1, -0.05) is 0 Å². The molecule has 2 aliphatic rings. The minimum atomic E-state index is 1.01. The molecule has 0 aromatic rings. The topological polar surface area (TPSA) is 19.9 Å². The maximum atomic E-state index is 2.55. The molecule has 2 heterocycles. The normalized spacial score (nSPS) is 27.6. The molecule has 2 aliphatic heterocycles. The highest BCUT2D eigenvalue weighted by molar-refractivity contribution is 4.87. The molecule has 0 saturated carbocycles. The fourth-order valence-electron chi connectivity index (χ4n) is 2.00. The van der Waals surface area contributed by atoms with Crippen LogP contribution in [-0.4, -0.2) is 37.6 Å². The summed E-state index contributed by atoms with van der Waals surface area (Å²) in [4.78, 5) is 2.55. The average Bonchev–Trinajstić information content (AvgIpc) is 1.99. The molecule has 0 aromatic carbocycles. The van der Waals surface area contributed by atoms with E-state index in [-0.39, 0.29) is 0 Å². The van der Waals surface area contributed by atoms with Gasteiger partial charge in [0, 0.05) is 19.4 Å². The van der Waals surface area contributed by atoms with Gasteiger partial charge in [0.2, 0.25) is 0 Å². The average molecular weight is 154 g/mol. The van der Waals surface area contributed by atoms with Gasteiger partial charge in [-0.05, 0) is 5.92 Å². The number of rotatable bonds is 2. The number of quaternary nitrogens is 1. The van der Waals surface area contributed by atoms with Crippen molar-refractivity contribution in [1.82, 2.24) is 4.90 Å². The molecule has 2 rings (SSSR count). The van der Waals surface area contributed by atoms with Crippen molar-refractivity contribution in [2.45, 2.75) is 12.8 Å². The molecule has 0 aromatic heterocycles. The number of hydrogen-bond donors (Lipinski definition) is 1. The van der Waals surface area contributed by atoms with Gasteiger partial charge in [0.1, 0.15) is 19.5 Å². The largest absolute Gasteiger partial charge is 0.346 e. The maximum Gasteiger partial charge on any atom is 0.146 e. The summed E-state index contributed by atoms with van der Waals surface area (Å²) in [5, 5.41) is 2.44. The molecule has 0 amide bonds. The summed E-state index contributed by atoms with van der Waals surface area (Å²) in [6.45, 7) is 6.59. The van der Waals surface area contributed by atoms with E-state index in [2.05, 4.69) is 16.6 Å². The quantitative estimate of drug-likeness (QED) is 0.531. The van der Waals surface area contributed by atoms with Crippen LogP contribution >= 0.6 is 0 Å². The summed E-state index contributed by atoms with van der Waals surface area (Å²) < 4.78 is 0. The highest BCUT2D eigenvalue weighted by Crippen LogP contribution is 2.14. The molecule has 0 unspecified atom stereocenters. The molecule has 11 heavy (non-hydrogen) atoms. The molecule has 0 spiro atoms. The van der Waals surface area contributed by atoms with Crippen LogP contribution in [0.15, 0.2) is 0 Å². The standard InChI is InChI=1S/C9H17N2/c1-6-11(7-1)8-9-2-4-10-5-3-9/h1,9-10H,2-8H2/q+1/p+1. The summed E-state index contributed by atoms with van der Waals surface area (Å²) in [5.74, 6) is 1.01. The van der Waals surface area contributed by atoms with Crippen LogP contribution in [-0.2, 0) is 0 Å². The Morgan fingerprint density at radius 1 is 1.27 bits per heavy atom. The van der Waals surface area contributed by atoms with Crippen molar-refractivity contribution in [3.05, 3.63) is 6.42 Å². The number of nitrogens with two attached hydrogens (primary N) is 1.